The van der Waals surface area contributed by atoms with Crippen LogP contribution < -0.4 is 4.74 Å². The molecule has 0 aliphatic rings. The highest BCUT2D eigenvalue weighted by Crippen LogP contribution is 2.26. The standard InChI is InChI=1S/C13H13F3N2O2/c14-13(15,16)20-12-4-2-10(3-5-12)11-8-17-18(9-11)6-1-7-19/h2-5,8-9,19H,1,6-7H2. The van der Waals surface area contributed by atoms with Crippen LogP contribution in [0.1, 0.15) is 6.42 Å². The Balaban J connectivity index is 2.07. The minimum atomic E-state index is -4.68. The Kier molecular flexibility index (Phi) is 4.29. The third-order valence-corrected chi connectivity index (χ3v) is 2.60. The summed E-state index contributed by atoms with van der Waals surface area (Å²) in [6.45, 7) is 0.671. The number of aryl methyl sites for hydroxylation is 1. The van der Waals surface area contributed by atoms with Crippen LogP contribution in [0.5, 0.6) is 5.75 Å². The van der Waals surface area contributed by atoms with E-state index in [9.17, 15) is 13.2 Å². The Morgan fingerprint density at radius 3 is 2.45 bits per heavy atom. The lowest BCUT2D eigenvalue weighted by atomic mass is 10.1. The van der Waals surface area contributed by atoms with Gasteiger partial charge in [0.25, 0.3) is 0 Å². The molecule has 2 rings (SSSR count). The van der Waals surface area contributed by atoms with E-state index in [0.29, 0.717) is 13.0 Å². The molecule has 0 fully saturated rings. The van der Waals surface area contributed by atoms with Crippen molar-refractivity contribution in [2.45, 2.75) is 19.3 Å². The first kappa shape index (κ1) is 14.4. The zero-order chi connectivity index (χ0) is 14.6. The molecular weight excluding hydrogens is 273 g/mol. The van der Waals surface area contributed by atoms with Crippen molar-refractivity contribution in [2.24, 2.45) is 0 Å². The predicted molar refractivity (Wildman–Crippen MR) is 66.0 cm³/mol. The Morgan fingerprint density at radius 1 is 1.15 bits per heavy atom. The van der Waals surface area contributed by atoms with Gasteiger partial charge in [0.15, 0.2) is 0 Å². The predicted octanol–water partition coefficient (Wildman–Crippen LogP) is 2.83. The molecule has 0 atom stereocenters. The number of benzene rings is 1. The first-order chi connectivity index (χ1) is 9.48. The van der Waals surface area contributed by atoms with Crippen LogP contribution in [0.15, 0.2) is 36.7 Å². The number of nitrogens with zero attached hydrogens (tertiary/aromatic N) is 2. The number of hydrogen-bond acceptors (Lipinski definition) is 3. The fourth-order valence-electron chi connectivity index (χ4n) is 1.72. The van der Waals surface area contributed by atoms with Gasteiger partial charge in [-0.05, 0) is 24.1 Å². The second kappa shape index (κ2) is 5.96. The average Bonchev–Trinajstić information content (AvgIpc) is 2.84. The van der Waals surface area contributed by atoms with Crippen molar-refractivity contribution in [1.82, 2.24) is 9.78 Å². The zero-order valence-corrected chi connectivity index (χ0v) is 10.5. The van der Waals surface area contributed by atoms with Gasteiger partial charge in [-0.15, -0.1) is 13.2 Å². The Labute approximate surface area is 113 Å². The Morgan fingerprint density at radius 2 is 1.85 bits per heavy atom. The largest absolute Gasteiger partial charge is 0.573 e. The number of halogens is 3. The maximum Gasteiger partial charge on any atom is 0.573 e. The second-order valence-electron chi connectivity index (χ2n) is 4.14. The van der Waals surface area contributed by atoms with Gasteiger partial charge in [-0.25, -0.2) is 0 Å². The van der Waals surface area contributed by atoms with Crippen LogP contribution in [-0.2, 0) is 6.54 Å². The summed E-state index contributed by atoms with van der Waals surface area (Å²) >= 11 is 0. The van der Waals surface area contributed by atoms with E-state index < -0.39 is 6.36 Å². The number of aromatic nitrogens is 2. The van der Waals surface area contributed by atoms with Crippen molar-refractivity contribution >= 4 is 0 Å². The van der Waals surface area contributed by atoms with E-state index in [1.54, 1.807) is 17.1 Å². The zero-order valence-electron chi connectivity index (χ0n) is 10.5. The molecule has 20 heavy (non-hydrogen) atoms. The third-order valence-electron chi connectivity index (χ3n) is 2.60. The second-order valence-corrected chi connectivity index (χ2v) is 4.14. The molecule has 0 radical (unpaired) electrons. The maximum absolute atomic E-state index is 12.0. The summed E-state index contributed by atoms with van der Waals surface area (Å²) in [5.74, 6) is -0.256. The summed E-state index contributed by atoms with van der Waals surface area (Å²) in [4.78, 5) is 0. The number of alkyl halides is 3. The molecule has 4 nitrogen and oxygen atoms in total. The molecule has 2 aromatic rings. The van der Waals surface area contributed by atoms with Gasteiger partial charge in [0.2, 0.25) is 0 Å². The van der Waals surface area contributed by atoms with Crippen molar-refractivity contribution in [3.63, 3.8) is 0 Å². The molecule has 0 saturated carbocycles. The molecule has 0 spiro atoms. The van der Waals surface area contributed by atoms with Crippen molar-refractivity contribution < 1.29 is 23.0 Å². The number of rotatable bonds is 5. The van der Waals surface area contributed by atoms with Crippen LogP contribution in [0.3, 0.4) is 0 Å². The molecule has 1 aromatic carbocycles. The van der Waals surface area contributed by atoms with E-state index in [1.807, 2.05) is 0 Å². The molecule has 0 saturated heterocycles. The van der Waals surface area contributed by atoms with E-state index >= 15 is 0 Å². The van der Waals surface area contributed by atoms with Gasteiger partial charge in [-0.2, -0.15) is 5.10 Å². The quantitative estimate of drug-likeness (QED) is 0.919. The highest BCUT2D eigenvalue weighted by Gasteiger charge is 2.30. The van der Waals surface area contributed by atoms with E-state index in [4.69, 9.17) is 5.11 Å². The third kappa shape index (κ3) is 3.99. The molecule has 108 valence electrons. The topological polar surface area (TPSA) is 47.3 Å². The van der Waals surface area contributed by atoms with Gasteiger partial charge in [0.05, 0.1) is 6.20 Å². The summed E-state index contributed by atoms with van der Waals surface area (Å²) in [5, 5.41) is 12.8. The van der Waals surface area contributed by atoms with Gasteiger partial charge in [-0.3, -0.25) is 4.68 Å². The number of ether oxygens (including phenoxy) is 1. The molecule has 0 aliphatic carbocycles. The number of aliphatic hydroxyl groups is 1. The molecule has 0 unspecified atom stereocenters. The number of hydrogen-bond donors (Lipinski definition) is 1. The average molecular weight is 286 g/mol. The van der Waals surface area contributed by atoms with Crippen LogP contribution >= 0.6 is 0 Å². The molecule has 7 heteroatoms. The fraction of sp³-hybridized carbons (Fsp3) is 0.308. The van der Waals surface area contributed by atoms with Gasteiger partial charge >= 0.3 is 6.36 Å². The van der Waals surface area contributed by atoms with Gasteiger partial charge in [0.1, 0.15) is 5.75 Å². The summed E-state index contributed by atoms with van der Waals surface area (Å²) < 4.78 is 41.6. The lowest BCUT2D eigenvalue weighted by Crippen LogP contribution is -2.16. The Hall–Kier alpha value is -2.02. The molecular formula is C13H13F3N2O2. The number of aliphatic hydroxyl groups excluding tert-OH is 1. The fourth-order valence-corrected chi connectivity index (χ4v) is 1.72. The van der Waals surface area contributed by atoms with Crippen molar-refractivity contribution in [3.05, 3.63) is 36.7 Å². The van der Waals surface area contributed by atoms with Crippen LogP contribution in [-0.4, -0.2) is 27.9 Å². The minimum absolute atomic E-state index is 0.0820. The van der Waals surface area contributed by atoms with E-state index in [2.05, 4.69) is 9.84 Å². The first-order valence-electron chi connectivity index (χ1n) is 5.97. The highest BCUT2D eigenvalue weighted by molar-refractivity contribution is 5.62. The smallest absolute Gasteiger partial charge is 0.406 e. The maximum atomic E-state index is 12.0. The summed E-state index contributed by atoms with van der Waals surface area (Å²) in [6.07, 6.45) is -0.692. The molecule has 1 aromatic heterocycles. The van der Waals surface area contributed by atoms with Crippen LogP contribution in [0, 0.1) is 0 Å². The molecule has 0 aliphatic heterocycles. The van der Waals surface area contributed by atoms with E-state index in [1.165, 1.54) is 24.3 Å². The molecule has 0 bridgehead atoms. The van der Waals surface area contributed by atoms with Gasteiger partial charge < -0.3 is 9.84 Å². The molecule has 1 heterocycles. The first-order valence-corrected chi connectivity index (χ1v) is 5.97. The summed E-state index contributed by atoms with van der Waals surface area (Å²) in [5.41, 5.74) is 1.54. The van der Waals surface area contributed by atoms with Crippen molar-refractivity contribution in [2.75, 3.05) is 6.61 Å². The lowest BCUT2D eigenvalue weighted by Gasteiger charge is -2.08. The van der Waals surface area contributed by atoms with Crippen molar-refractivity contribution in [3.8, 4) is 16.9 Å². The van der Waals surface area contributed by atoms with Gasteiger partial charge in [0, 0.05) is 24.9 Å². The summed E-state index contributed by atoms with van der Waals surface area (Å²) in [7, 11) is 0. The molecule has 0 amide bonds. The van der Waals surface area contributed by atoms with E-state index in [0.717, 1.165) is 11.1 Å². The monoisotopic (exact) mass is 286 g/mol. The summed E-state index contributed by atoms with van der Waals surface area (Å²) in [6, 6.07) is 5.59. The molecule has 1 N–H and O–H groups in total. The van der Waals surface area contributed by atoms with Gasteiger partial charge in [-0.1, -0.05) is 12.1 Å². The normalized spacial score (nSPS) is 11.6. The SMILES string of the molecule is OCCCn1cc(-c2ccc(OC(F)(F)F)cc2)cn1. The van der Waals surface area contributed by atoms with Crippen molar-refractivity contribution in [1.29, 1.82) is 0 Å². The van der Waals surface area contributed by atoms with E-state index in [-0.39, 0.29) is 12.4 Å². The lowest BCUT2D eigenvalue weighted by molar-refractivity contribution is -0.274. The Bertz CT molecular complexity index is 549. The van der Waals surface area contributed by atoms with Crippen LogP contribution in [0.25, 0.3) is 11.1 Å². The highest BCUT2D eigenvalue weighted by atomic mass is 19.4. The van der Waals surface area contributed by atoms with Crippen LogP contribution in [0.2, 0.25) is 0 Å². The van der Waals surface area contributed by atoms with Crippen LogP contribution in [0.4, 0.5) is 13.2 Å². The minimum Gasteiger partial charge on any atom is -0.406 e.